The van der Waals surface area contributed by atoms with E-state index in [9.17, 15) is 9.18 Å². The van der Waals surface area contributed by atoms with Crippen LogP contribution in [0.3, 0.4) is 0 Å². The molecule has 0 atom stereocenters. The third-order valence-corrected chi connectivity index (χ3v) is 3.62. The van der Waals surface area contributed by atoms with E-state index in [4.69, 9.17) is 5.73 Å². The van der Waals surface area contributed by atoms with E-state index in [0.29, 0.717) is 21.1 Å². The van der Waals surface area contributed by atoms with Crippen molar-refractivity contribution in [1.29, 1.82) is 0 Å². The molecular formula is C15H11BrFN3O. The van der Waals surface area contributed by atoms with Crippen molar-refractivity contribution in [3.63, 3.8) is 0 Å². The minimum absolute atomic E-state index is 0.126. The number of aromatic nitrogens is 1. The number of carbonyl (C=O) groups excluding carboxylic acids is 1. The summed E-state index contributed by atoms with van der Waals surface area (Å²) in [5.41, 5.74) is 7.64. The summed E-state index contributed by atoms with van der Waals surface area (Å²) in [7, 11) is 0. The van der Waals surface area contributed by atoms with Gasteiger partial charge in [0.15, 0.2) is 0 Å². The quantitative estimate of drug-likeness (QED) is 0.615. The second kappa shape index (κ2) is 5.21. The summed E-state index contributed by atoms with van der Waals surface area (Å²) in [5, 5.41) is 3.25. The van der Waals surface area contributed by atoms with Crippen LogP contribution in [0.15, 0.2) is 47.1 Å². The lowest BCUT2D eigenvalue weighted by Gasteiger charge is -2.06. The number of amides is 1. The maximum absolute atomic E-state index is 13.8. The fourth-order valence-corrected chi connectivity index (χ4v) is 2.44. The van der Waals surface area contributed by atoms with Gasteiger partial charge in [-0.15, -0.1) is 0 Å². The minimum atomic E-state index is -0.503. The van der Waals surface area contributed by atoms with Gasteiger partial charge in [0.2, 0.25) is 0 Å². The third kappa shape index (κ3) is 2.62. The molecule has 0 bridgehead atoms. The molecule has 106 valence electrons. The van der Waals surface area contributed by atoms with Gasteiger partial charge in [-0.05, 0) is 36.4 Å². The molecule has 4 N–H and O–H groups in total. The van der Waals surface area contributed by atoms with Crippen molar-refractivity contribution in [2.24, 2.45) is 0 Å². The van der Waals surface area contributed by atoms with E-state index >= 15 is 0 Å². The maximum atomic E-state index is 13.8. The molecule has 4 nitrogen and oxygen atoms in total. The van der Waals surface area contributed by atoms with E-state index in [2.05, 4.69) is 26.2 Å². The Labute approximate surface area is 128 Å². The average molecular weight is 348 g/mol. The van der Waals surface area contributed by atoms with Crippen molar-refractivity contribution in [2.45, 2.75) is 0 Å². The van der Waals surface area contributed by atoms with E-state index in [1.807, 2.05) is 0 Å². The molecule has 3 aromatic rings. The fraction of sp³-hybridized carbons (Fsp3) is 0. The largest absolute Gasteiger partial charge is 0.399 e. The normalized spacial score (nSPS) is 10.8. The molecule has 1 aromatic heterocycles. The first-order chi connectivity index (χ1) is 10.0. The Bertz CT molecular complexity index is 844. The first kappa shape index (κ1) is 13.6. The number of carbonyl (C=O) groups is 1. The minimum Gasteiger partial charge on any atom is -0.399 e. The SMILES string of the molecule is Nc1ccc2[nH]cc(C(=O)Nc3ccc(Br)cc3F)c2c1. The van der Waals surface area contributed by atoms with Crippen molar-refractivity contribution in [2.75, 3.05) is 11.1 Å². The standard InChI is InChI=1S/C15H11BrFN3O/c16-8-1-3-14(12(17)5-8)20-15(21)11-7-19-13-4-2-9(18)6-10(11)13/h1-7,19H,18H2,(H,20,21). The molecule has 2 aromatic carbocycles. The lowest BCUT2D eigenvalue weighted by Crippen LogP contribution is -2.12. The number of benzene rings is 2. The third-order valence-electron chi connectivity index (χ3n) is 3.13. The van der Waals surface area contributed by atoms with Crippen LogP contribution in [0.2, 0.25) is 0 Å². The van der Waals surface area contributed by atoms with Gasteiger partial charge in [0.1, 0.15) is 5.82 Å². The van der Waals surface area contributed by atoms with Crippen molar-refractivity contribution in [3.05, 3.63) is 58.4 Å². The molecule has 1 amide bonds. The van der Waals surface area contributed by atoms with Crippen molar-refractivity contribution in [1.82, 2.24) is 4.98 Å². The van der Waals surface area contributed by atoms with Gasteiger partial charge in [0.05, 0.1) is 11.3 Å². The molecule has 3 rings (SSSR count). The number of anilines is 2. The van der Waals surface area contributed by atoms with E-state index in [1.54, 1.807) is 30.5 Å². The van der Waals surface area contributed by atoms with E-state index in [1.165, 1.54) is 12.1 Å². The molecule has 0 aliphatic carbocycles. The average Bonchev–Trinajstić information content (AvgIpc) is 2.85. The summed E-state index contributed by atoms with van der Waals surface area (Å²) in [6, 6.07) is 9.70. The smallest absolute Gasteiger partial charge is 0.257 e. The lowest BCUT2D eigenvalue weighted by atomic mass is 10.1. The van der Waals surface area contributed by atoms with Gasteiger partial charge in [0.25, 0.3) is 5.91 Å². The number of hydrogen-bond acceptors (Lipinski definition) is 2. The highest BCUT2D eigenvalue weighted by Gasteiger charge is 2.14. The number of nitrogens with one attached hydrogen (secondary N) is 2. The Morgan fingerprint density at radius 3 is 2.81 bits per heavy atom. The molecule has 0 fully saturated rings. The van der Waals surface area contributed by atoms with E-state index in [-0.39, 0.29) is 5.69 Å². The van der Waals surface area contributed by atoms with Crippen LogP contribution in [0.1, 0.15) is 10.4 Å². The van der Waals surface area contributed by atoms with Crippen molar-refractivity contribution < 1.29 is 9.18 Å². The maximum Gasteiger partial charge on any atom is 0.257 e. The second-order valence-corrected chi connectivity index (χ2v) is 5.50. The molecule has 1 heterocycles. The van der Waals surface area contributed by atoms with Gasteiger partial charge in [-0.25, -0.2) is 4.39 Å². The lowest BCUT2D eigenvalue weighted by molar-refractivity contribution is 0.102. The number of rotatable bonds is 2. The molecule has 0 aliphatic heterocycles. The highest BCUT2D eigenvalue weighted by atomic mass is 79.9. The molecule has 0 saturated heterocycles. The van der Waals surface area contributed by atoms with Crippen LogP contribution in [0.25, 0.3) is 10.9 Å². The van der Waals surface area contributed by atoms with Crippen LogP contribution in [-0.2, 0) is 0 Å². The molecule has 0 unspecified atom stereocenters. The van der Waals surface area contributed by atoms with Gasteiger partial charge in [-0.3, -0.25) is 4.79 Å². The Morgan fingerprint density at radius 1 is 1.24 bits per heavy atom. The van der Waals surface area contributed by atoms with Crippen LogP contribution in [0, 0.1) is 5.82 Å². The summed E-state index contributed by atoms with van der Waals surface area (Å²) < 4.78 is 14.4. The highest BCUT2D eigenvalue weighted by molar-refractivity contribution is 9.10. The van der Waals surface area contributed by atoms with Gasteiger partial charge in [-0.1, -0.05) is 15.9 Å². The van der Waals surface area contributed by atoms with Crippen LogP contribution in [-0.4, -0.2) is 10.9 Å². The molecule has 0 aliphatic rings. The van der Waals surface area contributed by atoms with Crippen LogP contribution in [0.4, 0.5) is 15.8 Å². The van der Waals surface area contributed by atoms with Gasteiger partial charge in [0, 0.05) is 27.3 Å². The first-order valence-corrected chi connectivity index (χ1v) is 6.97. The van der Waals surface area contributed by atoms with Gasteiger partial charge < -0.3 is 16.0 Å². The summed E-state index contributed by atoms with van der Waals surface area (Å²) in [5.74, 6) is -0.898. The summed E-state index contributed by atoms with van der Waals surface area (Å²) in [6.07, 6.45) is 1.58. The highest BCUT2D eigenvalue weighted by Crippen LogP contribution is 2.24. The van der Waals surface area contributed by atoms with Crippen molar-refractivity contribution >= 4 is 44.1 Å². The number of hydrogen-bond donors (Lipinski definition) is 3. The Kier molecular flexibility index (Phi) is 3.39. The second-order valence-electron chi connectivity index (χ2n) is 4.59. The molecule has 21 heavy (non-hydrogen) atoms. The summed E-state index contributed by atoms with van der Waals surface area (Å²) >= 11 is 3.17. The topological polar surface area (TPSA) is 70.9 Å². The number of fused-ring (bicyclic) bond motifs is 1. The van der Waals surface area contributed by atoms with Crippen LogP contribution >= 0.6 is 15.9 Å². The predicted molar refractivity (Wildman–Crippen MR) is 84.8 cm³/mol. The number of nitrogen functional groups attached to an aromatic ring is 1. The van der Waals surface area contributed by atoms with E-state index < -0.39 is 11.7 Å². The van der Waals surface area contributed by atoms with Gasteiger partial charge in [-0.2, -0.15) is 0 Å². The molecule has 0 saturated carbocycles. The van der Waals surface area contributed by atoms with Gasteiger partial charge >= 0.3 is 0 Å². The zero-order chi connectivity index (χ0) is 15.0. The zero-order valence-electron chi connectivity index (χ0n) is 10.8. The summed E-state index contributed by atoms with van der Waals surface area (Å²) in [4.78, 5) is 15.3. The van der Waals surface area contributed by atoms with Crippen molar-refractivity contribution in [3.8, 4) is 0 Å². The fourth-order valence-electron chi connectivity index (χ4n) is 2.11. The van der Waals surface area contributed by atoms with Crippen LogP contribution in [0.5, 0.6) is 0 Å². The monoisotopic (exact) mass is 347 g/mol. The first-order valence-electron chi connectivity index (χ1n) is 6.17. The molecule has 6 heteroatoms. The zero-order valence-corrected chi connectivity index (χ0v) is 12.4. The Morgan fingerprint density at radius 2 is 2.05 bits per heavy atom. The molecule has 0 radical (unpaired) electrons. The number of H-pyrrole nitrogens is 1. The predicted octanol–water partition coefficient (Wildman–Crippen LogP) is 3.90. The number of halogens is 2. The van der Waals surface area contributed by atoms with Crippen LogP contribution < -0.4 is 11.1 Å². The molecular weight excluding hydrogens is 337 g/mol. The summed E-state index contributed by atoms with van der Waals surface area (Å²) in [6.45, 7) is 0. The number of nitrogens with two attached hydrogens (primary N) is 1. The Hall–Kier alpha value is -2.34. The Balaban J connectivity index is 1.95. The van der Waals surface area contributed by atoms with E-state index in [0.717, 1.165) is 5.52 Å². The number of aromatic amines is 1. The molecule has 0 spiro atoms.